The van der Waals surface area contributed by atoms with Crippen LogP contribution in [0.2, 0.25) is 5.02 Å². The third kappa shape index (κ3) is 8.96. The first-order valence-corrected chi connectivity index (χ1v) is 11.4. The number of piperidine rings is 1. The molecule has 2 aromatic rings. The molecule has 3 N–H and O–H groups in total. The van der Waals surface area contributed by atoms with Crippen molar-refractivity contribution >= 4 is 47.4 Å². The maximum absolute atomic E-state index is 12.2. The summed E-state index contributed by atoms with van der Waals surface area (Å²) in [6.07, 6.45) is 2.18. The predicted octanol–water partition coefficient (Wildman–Crippen LogP) is 3.91. The zero-order valence-corrected chi connectivity index (χ0v) is 21.6. The average Bonchev–Trinajstić information content (AvgIpc) is 2.79. The molecule has 1 saturated heterocycles. The minimum Gasteiger partial charge on any atom is -0.357 e. The van der Waals surface area contributed by atoms with Gasteiger partial charge in [-0.15, -0.1) is 24.0 Å². The van der Waals surface area contributed by atoms with Crippen molar-refractivity contribution in [3.63, 3.8) is 0 Å². The van der Waals surface area contributed by atoms with Crippen molar-refractivity contribution in [2.75, 3.05) is 32.7 Å². The number of carbonyl (C=O) groups is 1. The van der Waals surface area contributed by atoms with Gasteiger partial charge in [-0.05, 0) is 49.6 Å². The molecule has 0 aliphatic carbocycles. The molecule has 1 aliphatic rings. The lowest BCUT2D eigenvalue weighted by molar-refractivity contribution is 0.0955. The van der Waals surface area contributed by atoms with E-state index in [1.54, 1.807) is 24.3 Å². The molecule has 0 aromatic heterocycles. The lowest BCUT2D eigenvalue weighted by atomic mass is 10.0. The Bertz CT molecular complexity index is 839. The summed E-state index contributed by atoms with van der Waals surface area (Å²) in [6.45, 7) is 7.01. The van der Waals surface area contributed by atoms with Gasteiger partial charge in [-0.2, -0.15) is 0 Å². The Morgan fingerprint density at radius 1 is 1.06 bits per heavy atom. The first-order chi connectivity index (χ1) is 15.1. The van der Waals surface area contributed by atoms with E-state index in [2.05, 4.69) is 63.1 Å². The van der Waals surface area contributed by atoms with Gasteiger partial charge >= 0.3 is 0 Å². The summed E-state index contributed by atoms with van der Waals surface area (Å²) in [4.78, 5) is 19.3. The van der Waals surface area contributed by atoms with Crippen LogP contribution in [0, 0.1) is 0 Å². The molecule has 32 heavy (non-hydrogen) atoms. The van der Waals surface area contributed by atoms with Crippen LogP contribution in [-0.4, -0.2) is 55.5 Å². The van der Waals surface area contributed by atoms with Crippen LogP contribution < -0.4 is 16.0 Å². The highest BCUT2D eigenvalue weighted by Gasteiger charge is 2.20. The average molecular weight is 570 g/mol. The maximum atomic E-state index is 12.2. The molecule has 3 rings (SSSR count). The number of hydrogen-bond donors (Lipinski definition) is 3. The number of nitrogens with zero attached hydrogens (tertiary/aromatic N) is 2. The smallest absolute Gasteiger partial charge is 0.251 e. The highest BCUT2D eigenvalue weighted by molar-refractivity contribution is 14.0. The summed E-state index contributed by atoms with van der Waals surface area (Å²) in [5, 5.41) is 10.4. The summed E-state index contributed by atoms with van der Waals surface area (Å²) in [7, 11) is 0. The van der Waals surface area contributed by atoms with Crippen molar-refractivity contribution in [1.29, 1.82) is 0 Å². The predicted molar refractivity (Wildman–Crippen MR) is 143 cm³/mol. The molecular weight excluding hydrogens is 537 g/mol. The minimum atomic E-state index is -0.115. The van der Waals surface area contributed by atoms with E-state index >= 15 is 0 Å². The van der Waals surface area contributed by atoms with Crippen LogP contribution in [0.25, 0.3) is 0 Å². The number of hydrogen-bond acceptors (Lipinski definition) is 3. The Labute approximate surface area is 213 Å². The molecule has 0 spiro atoms. The molecule has 6 nitrogen and oxygen atoms in total. The maximum Gasteiger partial charge on any atom is 0.251 e. The summed E-state index contributed by atoms with van der Waals surface area (Å²) in [6, 6.07) is 17.9. The summed E-state index contributed by atoms with van der Waals surface area (Å²) < 4.78 is 0. The first kappa shape index (κ1) is 26.4. The van der Waals surface area contributed by atoms with Gasteiger partial charge < -0.3 is 16.0 Å². The van der Waals surface area contributed by atoms with Crippen LogP contribution in [0.4, 0.5) is 0 Å². The van der Waals surface area contributed by atoms with E-state index in [1.807, 2.05) is 0 Å². The molecule has 1 aliphatic heterocycles. The van der Waals surface area contributed by atoms with Gasteiger partial charge in [0.2, 0.25) is 0 Å². The van der Waals surface area contributed by atoms with Crippen LogP contribution in [0.15, 0.2) is 59.6 Å². The Morgan fingerprint density at radius 3 is 2.41 bits per heavy atom. The quantitative estimate of drug-likeness (QED) is 0.195. The topological polar surface area (TPSA) is 68.8 Å². The number of halogens is 2. The Hall–Kier alpha value is -1.84. The van der Waals surface area contributed by atoms with Gasteiger partial charge in [0.05, 0.1) is 6.54 Å². The SMILES string of the molecule is CCNC(=NCCNC(=O)c1ccc(Cl)cc1)NC1CCN(Cc2ccccc2)CC1.I. The van der Waals surface area contributed by atoms with Gasteiger partial charge in [-0.25, -0.2) is 0 Å². The number of rotatable bonds is 8. The summed E-state index contributed by atoms with van der Waals surface area (Å²) >= 11 is 5.87. The number of carbonyl (C=O) groups excluding carboxylic acids is 1. The van der Waals surface area contributed by atoms with Gasteiger partial charge in [0, 0.05) is 49.4 Å². The zero-order chi connectivity index (χ0) is 21.9. The van der Waals surface area contributed by atoms with Crippen molar-refractivity contribution < 1.29 is 4.79 Å². The minimum absolute atomic E-state index is 0. The van der Waals surface area contributed by atoms with E-state index in [9.17, 15) is 4.79 Å². The van der Waals surface area contributed by atoms with Gasteiger partial charge in [-0.3, -0.25) is 14.7 Å². The number of nitrogens with one attached hydrogen (secondary N) is 3. The normalized spacial score (nSPS) is 15.0. The fourth-order valence-electron chi connectivity index (χ4n) is 3.63. The van der Waals surface area contributed by atoms with Crippen molar-refractivity contribution in [1.82, 2.24) is 20.9 Å². The molecule has 0 radical (unpaired) electrons. The molecule has 174 valence electrons. The molecular formula is C24H33ClIN5O. The third-order valence-corrected chi connectivity index (χ3v) is 5.55. The molecule has 1 amide bonds. The fourth-order valence-corrected chi connectivity index (χ4v) is 3.76. The van der Waals surface area contributed by atoms with E-state index in [0.29, 0.717) is 29.7 Å². The standard InChI is InChI=1S/C24H32ClN5O.HI/c1-2-26-24(28-15-14-27-23(31)20-8-10-21(25)11-9-20)29-22-12-16-30(17-13-22)18-19-6-4-3-5-7-19;/h3-11,22H,2,12-18H2,1H3,(H,27,31)(H2,26,28,29);1H. The molecule has 2 aromatic carbocycles. The molecule has 1 fully saturated rings. The van der Waals surface area contributed by atoms with Crippen LogP contribution in [-0.2, 0) is 6.54 Å². The molecule has 1 heterocycles. The van der Waals surface area contributed by atoms with Gasteiger partial charge in [-0.1, -0.05) is 41.9 Å². The molecule has 8 heteroatoms. The second kappa shape index (κ2) is 14.3. The van der Waals surface area contributed by atoms with Crippen LogP contribution in [0.5, 0.6) is 0 Å². The summed E-state index contributed by atoms with van der Waals surface area (Å²) in [5.41, 5.74) is 1.96. The molecule has 0 atom stereocenters. The largest absolute Gasteiger partial charge is 0.357 e. The Balaban J connectivity index is 0.00000363. The van der Waals surface area contributed by atoms with Crippen molar-refractivity contribution in [2.45, 2.75) is 32.4 Å². The number of guanidine groups is 1. The Kier molecular flexibility index (Phi) is 11.8. The van der Waals surface area contributed by atoms with E-state index < -0.39 is 0 Å². The highest BCUT2D eigenvalue weighted by Crippen LogP contribution is 2.14. The number of benzene rings is 2. The Morgan fingerprint density at radius 2 is 1.75 bits per heavy atom. The van der Waals surface area contributed by atoms with Gasteiger partial charge in [0.1, 0.15) is 0 Å². The molecule has 0 bridgehead atoms. The van der Waals surface area contributed by atoms with Crippen molar-refractivity contribution in [2.24, 2.45) is 4.99 Å². The lowest BCUT2D eigenvalue weighted by Gasteiger charge is -2.33. The second-order valence-corrected chi connectivity index (χ2v) is 8.14. The number of likely N-dealkylation sites (tertiary alicyclic amines) is 1. The number of aliphatic imine (C=N–C) groups is 1. The second-order valence-electron chi connectivity index (χ2n) is 7.70. The summed E-state index contributed by atoms with van der Waals surface area (Å²) in [5.74, 6) is 0.695. The lowest BCUT2D eigenvalue weighted by Crippen LogP contribution is -2.48. The highest BCUT2D eigenvalue weighted by atomic mass is 127. The van der Waals surface area contributed by atoms with E-state index in [4.69, 9.17) is 11.6 Å². The van der Waals surface area contributed by atoms with Crippen molar-refractivity contribution in [3.05, 3.63) is 70.7 Å². The van der Waals surface area contributed by atoms with E-state index in [-0.39, 0.29) is 29.9 Å². The third-order valence-electron chi connectivity index (χ3n) is 5.30. The van der Waals surface area contributed by atoms with Crippen LogP contribution in [0.3, 0.4) is 0 Å². The molecule has 0 saturated carbocycles. The number of amides is 1. The van der Waals surface area contributed by atoms with Gasteiger partial charge in [0.25, 0.3) is 5.91 Å². The van der Waals surface area contributed by atoms with E-state index in [0.717, 1.165) is 45.0 Å². The fraction of sp³-hybridized carbons (Fsp3) is 0.417. The van der Waals surface area contributed by atoms with Crippen LogP contribution in [0.1, 0.15) is 35.7 Å². The monoisotopic (exact) mass is 569 g/mol. The first-order valence-electron chi connectivity index (χ1n) is 11.0. The molecule has 0 unspecified atom stereocenters. The zero-order valence-electron chi connectivity index (χ0n) is 18.5. The van der Waals surface area contributed by atoms with Crippen LogP contribution >= 0.6 is 35.6 Å². The van der Waals surface area contributed by atoms with Crippen molar-refractivity contribution in [3.8, 4) is 0 Å². The van der Waals surface area contributed by atoms with E-state index in [1.165, 1.54) is 5.56 Å². The van der Waals surface area contributed by atoms with Gasteiger partial charge in [0.15, 0.2) is 5.96 Å².